The molecule has 0 amide bonds. The summed E-state index contributed by atoms with van der Waals surface area (Å²) >= 11 is 0. The highest BCUT2D eigenvalue weighted by Gasteiger charge is 2.22. The molecule has 0 saturated carbocycles. The van der Waals surface area contributed by atoms with Gasteiger partial charge in [0.05, 0.1) is 0 Å². The van der Waals surface area contributed by atoms with Gasteiger partial charge in [-0.3, -0.25) is 5.41 Å². The van der Waals surface area contributed by atoms with Crippen molar-refractivity contribution in [3.8, 4) is 22.3 Å². The number of hydrogen-bond acceptors (Lipinski definition) is 3. The van der Waals surface area contributed by atoms with Gasteiger partial charge in [-0.15, -0.1) is 0 Å². The average molecular weight is 651 g/mol. The second kappa shape index (κ2) is 15.5. The molecule has 5 heteroatoms. The molecule has 244 valence electrons. The lowest BCUT2D eigenvalue weighted by molar-refractivity contribution is 0.668. The monoisotopic (exact) mass is 650 g/mol. The number of rotatable bonds is 6. The van der Waals surface area contributed by atoms with E-state index >= 15 is 0 Å². The summed E-state index contributed by atoms with van der Waals surface area (Å²) in [6, 6.07) is 48.6. The van der Waals surface area contributed by atoms with Crippen molar-refractivity contribution in [2.24, 2.45) is 15.7 Å². The van der Waals surface area contributed by atoms with Crippen molar-refractivity contribution in [1.29, 1.82) is 5.41 Å². The van der Waals surface area contributed by atoms with E-state index in [1.165, 1.54) is 11.8 Å². The molecule has 0 aliphatic heterocycles. The van der Waals surface area contributed by atoms with Gasteiger partial charge in [-0.05, 0) is 73.3 Å². The van der Waals surface area contributed by atoms with E-state index in [1.54, 1.807) is 6.08 Å². The van der Waals surface area contributed by atoms with Crippen LogP contribution in [0, 0.1) is 12.3 Å². The van der Waals surface area contributed by atoms with Crippen LogP contribution in [0.15, 0.2) is 178 Å². The van der Waals surface area contributed by atoms with Gasteiger partial charge in [0.1, 0.15) is 11.2 Å². The maximum Gasteiger partial charge on any atom is 0.161 e. The van der Waals surface area contributed by atoms with E-state index in [2.05, 4.69) is 72.2 Å². The van der Waals surface area contributed by atoms with Gasteiger partial charge in [0.2, 0.25) is 0 Å². The molecule has 0 unspecified atom stereocenters. The zero-order valence-electron chi connectivity index (χ0n) is 28.2. The summed E-state index contributed by atoms with van der Waals surface area (Å²) < 4.78 is 6.79. The first-order valence-electron chi connectivity index (χ1n) is 16.4. The smallest absolute Gasteiger partial charge is 0.161 e. The Labute approximate surface area is 293 Å². The lowest BCUT2D eigenvalue weighted by Gasteiger charge is -2.09. The maximum atomic E-state index is 9.17. The van der Waals surface area contributed by atoms with Gasteiger partial charge in [0.25, 0.3) is 0 Å². The van der Waals surface area contributed by atoms with Crippen LogP contribution < -0.4 is 5.73 Å². The van der Waals surface area contributed by atoms with Crippen LogP contribution in [-0.4, -0.2) is 18.4 Å². The minimum Gasteiger partial charge on any atom is -0.455 e. The normalized spacial score (nSPS) is 11.8. The standard InChI is InChI=1S/C38H30N4O.C7H8/c1-25(13-12-22-39)30-20-21-31(37(40)42-38(41-2)28-18-10-5-11-19-28)34-33-24-29(26-14-6-3-7-15-26)23-32(35(33)43-36(30)34)27-16-8-4-9-17-27;1-7-5-3-2-4-6-7/h3-24,40H,2,39H2,1H3;2-6H,1H3/b22-12-,25-13+,40-37?,42-38?;. The first kappa shape index (κ1) is 33.3. The highest BCUT2D eigenvalue weighted by molar-refractivity contribution is 6.23. The predicted octanol–water partition coefficient (Wildman–Crippen LogP) is 11.3. The lowest BCUT2D eigenvalue weighted by Crippen LogP contribution is -2.04. The largest absolute Gasteiger partial charge is 0.455 e. The minimum atomic E-state index is 0.0698. The van der Waals surface area contributed by atoms with Crippen molar-refractivity contribution in [2.45, 2.75) is 13.8 Å². The topological polar surface area (TPSA) is 87.7 Å². The number of benzene rings is 6. The van der Waals surface area contributed by atoms with Crippen LogP contribution >= 0.6 is 0 Å². The van der Waals surface area contributed by atoms with E-state index in [4.69, 9.17) is 10.2 Å². The van der Waals surface area contributed by atoms with E-state index < -0.39 is 0 Å². The molecule has 0 aliphatic rings. The minimum absolute atomic E-state index is 0.0698. The summed E-state index contributed by atoms with van der Waals surface area (Å²) in [5.74, 6) is 0.454. The number of nitrogens with one attached hydrogen (secondary N) is 1. The summed E-state index contributed by atoms with van der Waals surface area (Å²) in [6.45, 7) is 7.83. The van der Waals surface area contributed by atoms with Crippen LogP contribution in [0.2, 0.25) is 0 Å². The van der Waals surface area contributed by atoms with E-state index in [0.717, 1.165) is 55.3 Å². The van der Waals surface area contributed by atoms with Crippen molar-refractivity contribution in [3.63, 3.8) is 0 Å². The van der Waals surface area contributed by atoms with Crippen molar-refractivity contribution in [1.82, 2.24) is 0 Å². The third-order valence-electron chi connectivity index (χ3n) is 8.39. The zero-order chi connectivity index (χ0) is 34.9. The van der Waals surface area contributed by atoms with Gasteiger partial charge in [-0.1, -0.05) is 139 Å². The van der Waals surface area contributed by atoms with Gasteiger partial charge >= 0.3 is 0 Å². The first-order chi connectivity index (χ1) is 24.5. The van der Waals surface area contributed by atoms with E-state index in [0.29, 0.717) is 17.0 Å². The fourth-order valence-corrected chi connectivity index (χ4v) is 5.89. The fraction of sp³-hybridized carbons (Fsp3) is 0.0444. The molecule has 7 rings (SSSR count). The van der Waals surface area contributed by atoms with Gasteiger partial charge < -0.3 is 10.2 Å². The summed E-state index contributed by atoms with van der Waals surface area (Å²) in [6.07, 6.45) is 5.26. The first-order valence-corrected chi connectivity index (χ1v) is 16.4. The molecule has 50 heavy (non-hydrogen) atoms. The second-order valence-electron chi connectivity index (χ2n) is 11.8. The third-order valence-corrected chi connectivity index (χ3v) is 8.39. The molecule has 1 heterocycles. The van der Waals surface area contributed by atoms with Crippen LogP contribution in [0.4, 0.5) is 0 Å². The Morgan fingerprint density at radius 1 is 0.700 bits per heavy atom. The van der Waals surface area contributed by atoms with Crippen LogP contribution in [0.3, 0.4) is 0 Å². The Bertz CT molecular complexity index is 2350. The summed E-state index contributed by atoms with van der Waals surface area (Å²) in [5.41, 5.74) is 15.9. The Balaban J connectivity index is 0.000000552. The second-order valence-corrected chi connectivity index (χ2v) is 11.8. The molecular formula is C45H38N4O. The average Bonchev–Trinajstić information content (AvgIpc) is 3.56. The van der Waals surface area contributed by atoms with Gasteiger partial charge in [-0.2, -0.15) is 0 Å². The number of aliphatic imine (C=N–C) groups is 2. The van der Waals surface area contributed by atoms with E-state index in [-0.39, 0.29) is 5.84 Å². The summed E-state index contributed by atoms with van der Waals surface area (Å²) in [4.78, 5) is 8.79. The Kier molecular flexibility index (Phi) is 10.4. The molecule has 0 radical (unpaired) electrons. The molecule has 5 nitrogen and oxygen atoms in total. The number of aryl methyl sites for hydroxylation is 1. The zero-order valence-corrected chi connectivity index (χ0v) is 28.2. The molecule has 3 N–H and O–H groups in total. The molecular weight excluding hydrogens is 613 g/mol. The van der Waals surface area contributed by atoms with Crippen LogP contribution in [0.1, 0.15) is 29.2 Å². The van der Waals surface area contributed by atoms with Crippen molar-refractivity contribution in [2.75, 3.05) is 0 Å². The molecule has 0 bridgehead atoms. The maximum absolute atomic E-state index is 9.17. The van der Waals surface area contributed by atoms with E-state index in [1.807, 2.05) is 110 Å². The van der Waals surface area contributed by atoms with Crippen LogP contribution in [-0.2, 0) is 0 Å². The SMILES string of the molecule is C=NC(=NC(=N)c1ccc(/C(C)=C/C=C\N)c2oc3c(-c4ccccc4)cc(-c4ccccc4)cc3c12)c1ccccc1.Cc1ccccc1. The molecule has 0 atom stereocenters. The Morgan fingerprint density at radius 2 is 1.28 bits per heavy atom. The van der Waals surface area contributed by atoms with Gasteiger partial charge in [0, 0.05) is 33.0 Å². The quantitative estimate of drug-likeness (QED) is 0.107. The summed E-state index contributed by atoms with van der Waals surface area (Å²) in [5, 5.41) is 10.9. The molecule has 0 saturated heterocycles. The highest BCUT2D eigenvalue weighted by atomic mass is 16.3. The van der Waals surface area contributed by atoms with Crippen molar-refractivity contribution in [3.05, 3.63) is 186 Å². The summed E-state index contributed by atoms with van der Waals surface area (Å²) in [7, 11) is 0. The van der Waals surface area contributed by atoms with Gasteiger partial charge in [-0.25, -0.2) is 9.98 Å². The van der Waals surface area contributed by atoms with E-state index in [9.17, 15) is 5.41 Å². The third kappa shape index (κ3) is 7.28. The molecule has 0 spiro atoms. The number of allylic oxidation sites excluding steroid dienone is 3. The van der Waals surface area contributed by atoms with Crippen LogP contribution in [0.25, 0.3) is 49.8 Å². The Hall–Kier alpha value is -6.59. The molecule has 7 aromatic rings. The number of amidine groups is 2. The van der Waals surface area contributed by atoms with Crippen molar-refractivity contribution >= 4 is 45.9 Å². The van der Waals surface area contributed by atoms with Crippen molar-refractivity contribution < 1.29 is 4.42 Å². The number of furan rings is 1. The predicted molar refractivity (Wildman–Crippen MR) is 212 cm³/mol. The number of nitrogens with two attached hydrogens (primary N) is 1. The number of nitrogens with zero attached hydrogens (tertiary/aromatic N) is 2. The highest BCUT2D eigenvalue weighted by Crippen LogP contribution is 2.43. The number of fused-ring (bicyclic) bond motifs is 3. The molecule has 0 fully saturated rings. The molecule has 1 aromatic heterocycles. The molecule has 6 aromatic carbocycles. The van der Waals surface area contributed by atoms with Crippen LogP contribution in [0.5, 0.6) is 0 Å². The lowest BCUT2D eigenvalue weighted by atomic mass is 9.93. The number of hydrogen-bond donors (Lipinski definition) is 2. The fourth-order valence-electron chi connectivity index (χ4n) is 5.89. The molecule has 0 aliphatic carbocycles. The van der Waals surface area contributed by atoms with Gasteiger partial charge in [0.15, 0.2) is 11.7 Å². The Morgan fingerprint density at radius 3 is 1.86 bits per heavy atom.